The van der Waals surface area contributed by atoms with Gasteiger partial charge in [0.15, 0.2) is 11.9 Å². The molecule has 0 atom stereocenters. The molecular weight excluding hydrogens is 336 g/mol. The van der Waals surface area contributed by atoms with Crippen LogP contribution in [0.3, 0.4) is 0 Å². The zero-order valence-corrected chi connectivity index (χ0v) is 11.4. The van der Waals surface area contributed by atoms with Crippen molar-refractivity contribution in [2.45, 2.75) is 13.8 Å². The maximum absolute atomic E-state index is 8.49. The number of halogens is 2. The number of hydrogen-bond acceptors (Lipinski definition) is 4. The third kappa shape index (κ3) is 6.98. The predicted octanol–water partition coefficient (Wildman–Crippen LogP) is -3.02. The van der Waals surface area contributed by atoms with Crippen molar-refractivity contribution in [3.63, 3.8) is 0 Å². The summed E-state index contributed by atoms with van der Waals surface area (Å²) in [5.74, 6) is 0. The van der Waals surface area contributed by atoms with Crippen LogP contribution in [0, 0.1) is 27.7 Å². The molecule has 0 spiro atoms. The SMILES string of the molecule is Cc1c(I)cc[n+](C)c1C.[O-][Cl+3]([O-])([O-])[O-]. The topological polar surface area (TPSA) is 96.1 Å². The first kappa shape index (κ1) is 15.0. The van der Waals surface area contributed by atoms with Gasteiger partial charge in [-0.25, -0.2) is 23.2 Å². The number of nitrogens with zero attached hydrogens (tertiary/aromatic N) is 1. The van der Waals surface area contributed by atoms with Crippen LogP contribution in [0.1, 0.15) is 11.3 Å². The fourth-order valence-electron chi connectivity index (χ4n) is 0.851. The summed E-state index contributed by atoms with van der Waals surface area (Å²) < 4.78 is 37.4. The van der Waals surface area contributed by atoms with Gasteiger partial charge in [0.05, 0.1) is 0 Å². The summed E-state index contributed by atoms with van der Waals surface area (Å²) in [6.45, 7) is 4.29. The average molecular weight is 348 g/mol. The van der Waals surface area contributed by atoms with Crippen LogP contribution in [0.2, 0.25) is 0 Å². The fraction of sp³-hybridized carbons (Fsp3) is 0.375. The Balaban J connectivity index is 0.000000336. The molecule has 0 amide bonds. The molecule has 0 bridgehead atoms. The summed E-state index contributed by atoms with van der Waals surface area (Å²) in [5, 5.41) is 0. The standard InChI is InChI=1S/C8H11IN.ClHO4/c1-6-7(2)10(3)5-4-8(6)9;2-1(3,4)5/h4-5H,1-3H3;(H,2,3,4,5)/q+1;/p-1. The highest BCUT2D eigenvalue weighted by molar-refractivity contribution is 14.1. The van der Waals surface area contributed by atoms with Crippen LogP contribution < -0.4 is 23.2 Å². The van der Waals surface area contributed by atoms with E-state index in [0.29, 0.717) is 0 Å². The van der Waals surface area contributed by atoms with Gasteiger partial charge in [-0.3, -0.25) is 0 Å². The second-order valence-electron chi connectivity index (χ2n) is 2.86. The van der Waals surface area contributed by atoms with Crippen molar-refractivity contribution in [1.82, 2.24) is 0 Å². The van der Waals surface area contributed by atoms with E-state index < -0.39 is 10.2 Å². The minimum atomic E-state index is -4.94. The van der Waals surface area contributed by atoms with Crippen LogP contribution in [0.25, 0.3) is 0 Å². The molecule has 0 aliphatic carbocycles. The second kappa shape index (κ2) is 5.92. The van der Waals surface area contributed by atoms with E-state index in [1.54, 1.807) is 0 Å². The van der Waals surface area contributed by atoms with E-state index in [9.17, 15) is 0 Å². The number of pyridine rings is 1. The Hall–Kier alpha value is 0.01000. The molecule has 0 aliphatic heterocycles. The molecular formula is C8H11ClINO4. The molecule has 1 rings (SSSR count). The monoisotopic (exact) mass is 347 g/mol. The lowest BCUT2D eigenvalue weighted by atomic mass is 10.2. The van der Waals surface area contributed by atoms with Gasteiger partial charge in [0.2, 0.25) is 0 Å². The van der Waals surface area contributed by atoms with E-state index in [2.05, 4.69) is 60.3 Å². The van der Waals surface area contributed by atoms with Crippen LogP contribution in [0.15, 0.2) is 12.3 Å². The van der Waals surface area contributed by atoms with E-state index in [4.69, 9.17) is 18.6 Å². The third-order valence-corrected chi connectivity index (χ3v) is 3.04. The van der Waals surface area contributed by atoms with Crippen molar-refractivity contribution in [2.75, 3.05) is 0 Å². The molecule has 0 saturated carbocycles. The largest absolute Gasteiger partial charge is 0.222 e. The highest BCUT2D eigenvalue weighted by atomic mass is 127. The summed E-state index contributed by atoms with van der Waals surface area (Å²) in [5.41, 5.74) is 2.72. The lowest BCUT2D eigenvalue weighted by molar-refractivity contribution is -2.00. The third-order valence-electron chi connectivity index (χ3n) is 1.87. The number of rotatable bonds is 0. The predicted molar refractivity (Wildman–Crippen MR) is 49.8 cm³/mol. The van der Waals surface area contributed by atoms with E-state index in [-0.39, 0.29) is 0 Å². The first-order valence-electron chi connectivity index (χ1n) is 3.86. The zero-order chi connectivity index (χ0) is 12.2. The minimum Gasteiger partial charge on any atom is -0.222 e. The van der Waals surface area contributed by atoms with Gasteiger partial charge in [-0.2, -0.15) is 0 Å². The molecule has 1 aromatic heterocycles. The smallest absolute Gasteiger partial charge is 0.181 e. The van der Waals surface area contributed by atoms with Crippen LogP contribution >= 0.6 is 22.6 Å². The Bertz CT molecular complexity index is 307. The van der Waals surface area contributed by atoms with Crippen molar-refractivity contribution in [3.05, 3.63) is 27.1 Å². The Morgan fingerprint density at radius 1 is 1.20 bits per heavy atom. The van der Waals surface area contributed by atoms with Gasteiger partial charge in [0.25, 0.3) is 0 Å². The van der Waals surface area contributed by atoms with Crippen molar-refractivity contribution < 1.29 is 33.4 Å². The molecule has 7 heteroatoms. The normalized spacial score (nSPS) is 10.7. The highest BCUT2D eigenvalue weighted by Gasteiger charge is 2.05. The molecule has 0 fully saturated rings. The van der Waals surface area contributed by atoms with Crippen molar-refractivity contribution in [3.8, 4) is 0 Å². The second-order valence-corrected chi connectivity index (χ2v) is 4.78. The maximum atomic E-state index is 8.49. The van der Waals surface area contributed by atoms with Crippen LogP contribution in [-0.4, -0.2) is 0 Å². The molecule has 86 valence electrons. The Morgan fingerprint density at radius 3 is 1.93 bits per heavy atom. The maximum Gasteiger partial charge on any atom is 0.181 e. The minimum absolute atomic E-state index is 1.34. The first-order chi connectivity index (χ1) is 6.63. The van der Waals surface area contributed by atoms with Crippen molar-refractivity contribution >= 4 is 22.6 Å². The fourth-order valence-corrected chi connectivity index (χ4v) is 1.40. The van der Waals surface area contributed by atoms with E-state index in [1.807, 2.05) is 0 Å². The van der Waals surface area contributed by atoms with Gasteiger partial charge in [0, 0.05) is 22.1 Å². The molecule has 0 unspecified atom stereocenters. The molecule has 0 radical (unpaired) electrons. The van der Waals surface area contributed by atoms with E-state index in [1.165, 1.54) is 14.8 Å². The molecule has 0 aliphatic rings. The van der Waals surface area contributed by atoms with Gasteiger partial charge in [-0.1, -0.05) is 0 Å². The van der Waals surface area contributed by atoms with Crippen LogP contribution in [0.4, 0.5) is 0 Å². The first-order valence-corrected chi connectivity index (χ1v) is 6.17. The van der Waals surface area contributed by atoms with Gasteiger partial charge in [-0.15, -0.1) is 10.2 Å². The molecule has 1 aromatic rings. The summed E-state index contributed by atoms with van der Waals surface area (Å²) in [6.07, 6.45) is 2.09. The Morgan fingerprint density at radius 2 is 1.60 bits per heavy atom. The van der Waals surface area contributed by atoms with E-state index in [0.717, 1.165) is 0 Å². The van der Waals surface area contributed by atoms with Crippen molar-refractivity contribution in [2.24, 2.45) is 7.05 Å². The lowest BCUT2D eigenvalue weighted by Gasteiger charge is -2.17. The zero-order valence-electron chi connectivity index (χ0n) is 8.49. The van der Waals surface area contributed by atoms with Gasteiger partial charge >= 0.3 is 0 Å². The Kier molecular flexibility index (Phi) is 5.93. The lowest BCUT2D eigenvalue weighted by Crippen LogP contribution is -2.68. The van der Waals surface area contributed by atoms with Crippen LogP contribution in [-0.2, 0) is 7.05 Å². The average Bonchev–Trinajstić information content (AvgIpc) is 2.05. The number of aryl methyl sites for hydroxylation is 1. The summed E-state index contributed by atoms with van der Waals surface area (Å²) >= 11 is 2.35. The molecule has 0 saturated heterocycles. The quantitative estimate of drug-likeness (QED) is 0.368. The van der Waals surface area contributed by atoms with Gasteiger partial charge in [0.1, 0.15) is 7.05 Å². The molecule has 0 N–H and O–H groups in total. The highest BCUT2D eigenvalue weighted by Crippen LogP contribution is 2.10. The number of aromatic nitrogens is 1. The number of hydrogen-bond donors (Lipinski definition) is 0. The molecule has 5 nitrogen and oxygen atoms in total. The van der Waals surface area contributed by atoms with Crippen LogP contribution in [0.5, 0.6) is 0 Å². The molecule has 1 heterocycles. The van der Waals surface area contributed by atoms with E-state index >= 15 is 0 Å². The summed E-state index contributed by atoms with van der Waals surface area (Å²) in [6, 6.07) is 2.13. The Labute approximate surface area is 104 Å². The summed E-state index contributed by atoms with van der Waals surface area (Å²) in [4.78, 5) is 0. The summed E-state index contributed by atoms with van der Waals surface area (Å²) in [7, 11) is -2.88. The molecule has 0 aromatic carbocycles. The molecule has 15 heavy (non-hydrogen) atoms. The van der Waals surface area contributed by atoms with Crippen molar-refractivity contribution in [1.29, 1.82) is 0 Å². The van der Waals surface area contributed by atoms with Gasteiger partial charge in [-0.05, 0) is 29.5 Å². The van der Waals surface area contributed by atoms with Gasteiger partial charge < -0.3 is 0 Å².